The molecule has 23 heavy (non-hydrogen) atoms. The maximum absolute atomic E-state index is 12.0. The summed E-state index contributed by atoms with van der Waals surface area (Å²) in [5, 5.41) is 10.1. The van der Waals surface area contributed by atoms with Crippen molar-refractivity contribution in [3.8, 4) is 0 Å². The van der Waals surface area contributed by atoms with Gasteiger partial charge in [-0.3, -0.25) is 4.79 Å². The molecular weight excluding hydrogens is 296 g/mol. The van der Waals surface area contributed by atoms with Crippen molar-refractivity contribution < 1.29 is 14.3 Å². The third-order valence-corrected chi connectivity index (χ3v) is 3.30. The van der Waals surface area contributed by atoms with Crippen molar-refractivity contribution in [3.63, 3.8) is 0 Å². The van der Waals surface area contributed by atoms with Crippen molar-refractivity contribution in [2.24, 2.45) is 0 Å². The number of nitrogens with zero attached hydrogens (tertiary/aromatic N) is 3. The zero-order valence-electron chi connectivity index (χ0n) is 13.3. The molecule has 2 aromatic rings. The Morgan fingerprint density at radius 1 is 1.26 bits per heavy atom. The number of methoxy groups -OCH3 is 1. The summed E-state index contributed by atoms with van der Waals surface area (Å²) in [7, 11) is 1.26. The number of aromatic nitrogens is 3. The van der Waals surface area contributed by atoms with Gasteiger partial charge in [-0.2, -0.15) is 0 Å². The van der Waals surface area contributed by atoms with Crippen molar-refractivity contribution in [2.45, 2.75) is 32.7 Å². The van der Waals surface area contributed by atoms with Crippen LogP contribution in [0.15, 0.2) is 30.5 Å². The third-order valence-electron chi connectivity index (χ3n) is 3.30. The molecule has 0 atom stereocenters. The van der Waals surface area contributed by atoms with Crippen LogP contribution in [0.4, 0.5) is 5.69 Å². The minimum Gasteiger partial charge on any atom is -0.464 e. The van der Waals surface area contributed by atoms with E-state index in [4.69, 9.17) is 0 Å². The SMILES string of the molecule is CCCCc1ccc(NC(=O)Cn2cc(C(=O)OC)nn2)cc1. The van der Waals surface area contributed by atoms with Crippen molar-refractivity contribution in [1.82, 2.24) is 15.0 Å². The number of ether oxygens (including phenoxy) is 1. The van der Waals surface area contributed by atoms with Gasteiger partial charge in [-0.15, -0.1) is 5.10 Å². The molecule has 2 rings (SSSR count). The van der Waals surface area contributed by atoms with E-state index in [1.807, 2.05) is 24.3 Å². The largest absolute Gasteiger partial charge is 0.464 e. The number of unbranched alkanes of at least 4 members (excludes halogenated alkanes) is 1. The van der Waals surface area contributed by atoms with E-state index in [-0.39, 0.29) is 18.1 Å². The van der Waals surface area contributed by atoms with Crippen LogP contribution in [0.1, 0.15) is 35.8 Å². The highest BCUT2D eigenvalue weighted by molar-refractivity contribution is 5.90. The summed E-state index contributed by atoms with van der Waals surface area (Å²) in [6, 6.07) is 7.78. The lowest BCUT2D eigenvalue weighted by Crippen LogP contribution is -2.19. The lowest BCUT2D eigenvalue weighted by molar-refractivity contribution is -0.116. The van der Waals surface area contributed by atoms with Gasteiger partial charge in [0.25, 0.3) is 0 Å². The summed E-state index contributed by atoms with van der Waals surface area (Å²) in [5.74, 6) is -0.827. The predicted octanol–water partition coefficient (Wildman–Crippen LogP) is 2.05. The van der Waals surface area contributed by atoms with Crippen LogP contribution < -0.4 is 5.32 Å². The maximum atomic E-state index is 12.0. The van der Waals surface area contributed by atoms with Crippen molar-refractivity contribution in [3.05, 3.63) is 41.7 Å². The predicted molar refractivity (Wildman–Crippen MR) is 85.0 cm³/mol. The Morgan fingerprint density at radius 2 is 2.00 bits per heavy atom. The number of esters is 1. The number of hydrogen-bond donors (Lipinski definition) is 1. The van der Waals surface area contributed by atoms with E-state index in [0.29, 0.717) is 0 Å². The second-order valence-electron chi connectivity index (χ2n) is 5.14. The molecule has 122 valence electrons. The molecule has 0 fully saturated rings. The van der Waals surface area contributed by atoms with E-state index in [0.717, 1.165) is 24.9 Å². The molecule has 7 heteroatoms. The molecule has 7 nitrogen and oxygen atoms in total. The molecule has 0 aliphatic carbocycles. The van der Waals surface area contributed by atoms with Gasteiger partial charge < -0.3 is 10.1 Å². The number of amides is 1. The molecule has 1 N–H and O–H groups in total. The number of aryl methyl sites for hydroxylation is 1. The first kappa shape index (κ1) is 16.7. The minimum atomic E-state index is -0.584. The second-order valence-corrected chi connectivity index (χ2v) is 5.14. The van der Waals surface area contributed by atoms with Gasteiger partial charge in [0, 0.05) is 5.69 Å². The molecule has 0 spiro atoms. The Labute approximate surface area is 134 Å². The highest BCUT2D eigenvalue weighted by Gasteiger charge is 2.12. The molecule has 0 saturated carbocycles. The number of nitrogens with one attached hydrogen (secondary N) is 1. The molecule has 0 saturated heterocycles. The Kier molecular flexibility index (Phi) is 5.85. The van der Waals surface area contributed by atoms with Gasteiger partial charge in [-0.05, 0) is 30.5 Å². The molecule has 0 unspecified atom stereocenters. The summed E-state index contributed by atoms with van der Waals surface area (Å²) in [4.78, 5) is 23.2. The highest BCUT2D eigenvalue weighted by atomic mass is 16.5. The first-order valence-corrected chi connectivity index (χ1v) is 7.49. The Balaban J connectivity index is 1.89. The summed E-state index contributed by atoms with van der Waals surface area (Å²) in [5.41, 5.74) is 2.05. The van der Waals surface area contributed by atoms with Crippen molar-refractivity contribution >= 4 is 17.6 Å². The molecule has 1 amide bonds. The fraction of sp³-hybridized carbons (Fsp3) is 0.375. The Hall–Kier alpha value is -2.70. The summed E-state index contributed by atoms with van der Waals surface area (Å²) in [6.45, 7) is 2.13. The third kappa shape index (κ3) is 4.91. The fourth-order valence-electron chi connectivity index (χ4n) is 2.06. The van der Waals surface area contributed by atoms with E-state index in [2.05, 4.69) is 27.3 Å². The summed E-state index contributed by atoms with van der Waals surface area (Å²) >= 11 is 0. The van der Waals surface area contributed by atoms with Crippen LogP contribution >= 0.6 is 0 Å². The lowest BCUT2D eigenvalue weighted by atomic mass is 10.1. The monoisotopic (exact) mass is 316 g/mol. The van der Waals surface area contributed by atoms with Crippen molar-refractivity contribution in [1.29, 1.82) is 0 Å². The van der Waals surface area contributed by atoms with Gasteiger partial charge in [0.2, 0.25) is 5.91 Å². The van der Waals surface area contributed by atoms with Gasteiger partial charge >= 0.3 is 5.97 Å². The quantitative estimate of drug-likeness (QED) is 0.790. The number of carbonyl (C=O) groups excluding carboxylic acids is 2. The molecule has 0 radical (unpaired) electrons. The number of anilines is 1. The van der Waals surface area contributed by atoms with E-state index in [1.54, 1.807) is 0 Å². The normalized spacial score (nSPS) is 10.3. The maximum Gasteiger partial charge on any atom is 0.360 e. The first-order valence-electron chi connectivity index (χ1n) is 7.49. The van der Waals surface area contributed by atoms with E-state index >= 15 is 0 Å². The molecule has 1 aromatic carbocycles. The average Bonchev–Trinajstić information content (AvgIpc) is 3.01. The van der Waals surface area contributed by atoms with E-state index in [1.165, 1.54) is 23.6 Å². The zero-order valence-corrected chi connectivity index (χ0v) is 13.3. The Bertz CT molecular complexity index is 664. The highest BCUT2D eigenvalue weighted by Crippen LogP contribution is 2.12. The minimum absolute atomic E-state index is 0.0262. The fourth-order valence-corrected chi connectivity index (χ4v) is 2.06. The van der Waals surface area contributed by atoms with Crippen LogP contribution in [0, 0.1) is 0 Å². The summed E-state index contributed by atoms with van der Waals surface area (Å²) in [6.07, 6.45) is 4.73. The van der Waals surface area contributed by atoms with Gasteiger partial charge in [0.15, 0.2) is 5.69 Å². The molecule has 1 aromatic heterocycles. The van der Waals surface area contributed by atoms with Crippen molar-refractivity contribution in [2.75, 3.05) is 12.4 Å². The standard InChI is InChI=1S/C16H20N4O3/c1-3-4-5-12-6-8-13(9-7-12)17-15(21)11-20-10-14(18-19-20)16(22)23-2/h6-10H,3-5,11H2,1-2H3,(H,17,21). The van der Waals surface area contributed by atoms with Crippen LogP contribution in [0.2, 0.25) is 0 Å². The zero-order chi connectivity index (χ0) is 16.7. The van der Waals surface area contributed by atoms with Gasteiger partial charge in [-0.1, -0.05) is 30.7 Å². The Morgan fingerprint density at radius 3 is 2.65 bits per heavy atom. The molecule has 0 aliphatic heterocycles. The van der Waals surface area contributed by atoms with Crippen LogP contribution in [-0.4, -0.2) is 34.0 Å². The van der Waals surface area contributed by atoms with Crippen LogP contribution in [0.5, 0.6) is 0 Å². The van der Waals surface area contributed by atoms with Gasteiger partial charge in [-0.25, -0.2) is 9.48 Å². The first-order chi connectivity index (χ1) is 11.1. The molecule has 1 heterocycles. The van der Waals surface area contributed by atoms with Crippen LogP contribution in [0.25, 0.3) is 0 Å². The number of benzene rings is 1. The van der Waals surface area contributed by atoms with E-state index < -0.39 is 5.97 Å². The van der Waals surface area contributed by atoms with Crippen LogP contribution in [-0.2, 0) is 22.5 Å². The smallest absolute Gasteiger partial charge is 0.360 e. The number of carbonyl (C=O) groups is 2. The lowest BCUT2D eigenvalue weighted by Gasteiger charge is -2.06. The van der Waals surface area contributed by atoms with Gasteiger partial charge in [0.05, 0.1) is 13.3 Å². The van der Waals surface area contributed by atoms with E-state index in [9.17, 15) is 9.59 Å². The summed E-state index contributed by atoms with van der Waals surface area (Å²) < 4.78 is 5.82. The molecular formula is C16H20N4O3. The second kappa shape index (κ2) is 8.07. The topological polar surface area (TPSA) is 86.1 Å². The van der Waals surface area contributed by atoms with Gasteiger partial charge in [0.1, 0.15) is 6.54 Å². The average molecular weight is 316 g/mol. The molecule has 0 aliphatic rings. The number of hydrogen-bond acceptors (Lipinski definition) is 5. The molecule has 0 bridgehead atoms. The van der Waals surface area contributed by atoms with Crippen LogP contribution in [0.3, 0.4) is 0 Å². The number of rotatable bonds is 7.